The van der Waals surface area contributed by atoms with Crippen LogP contribution in [0.25, 0.3) is 0 Å². The van der Waals surface area contributed by atoms with Crippen molar-refractivity contribution in [2.75, 3.05) is 37.9 Å². The summed E-state index contributed by atoms with van der Waals surface area (Å²) in [6.07, 6.45) is 7.90. The molecule has 0 aromatic heterocycles. The van der Waals surface area contributed by atoms with Gasteiger partial charge in [0.1, 0.15) is 12.2 Å². The molecule has 2 fully saturated rings. The van der Waals surface area contributed by atoms with E-state index in [1.54, 1.807) is 0 Å². The molecule has 0 heterocycles. The Kier molecular flexibility index (Phi) is 12.8. The summed E-state index contributed by atoms with van der Waals surface area (Å²) >= 11 is 4.18. The Morgan fingerprint density at radius 1 is 0.643 bits per heavy atom. The number of aliphatic hydroxyl groups is 4. The summed E-state index contributed by atoms with van der Waals surface area (Å²) in [6.45, 7) is 0.0184. The minimum Gasteiger partial charge on any atom is -0.394 e. The van der Waals surface area contributed by atoms with Gasteiger partial charge in [-0.3, -0.25) is 0 Å². The lowest BCUT2D eigenvalue weighted by Gasteiger charge is -2.30. The van der Waals surface area contributed by atoms with E-state index in [2.05, 4.69) is 23.5 Å². The molecule has 2 saturated carbocycles. The van der Waals surface area contributed by atoms with E-state index in [0.29, 0.717) is 0 Å². The predicted octanol–water partition coefficient (Wildman–Crippen LogP) is 1.81. The first-order valence-corrected chi connectivity index (χ1v) is 12.7. The second-order valence-electron chi connectivity index (χ2n) is 7.88. The molecule has 2 aliphatic carbocycles. The van der Waals surface area contributed by atoms with Crippen LogP contribution < -0.4 is 0 Å². The fourth-order valence-electron chi connectivity index (χ4n) is 3.76. The van der Waals surface area contributed by atoms with Crippen molar-refractivity contribution >= 4 is 23.5 Å². The topological polar surface area (TPSA) is 99.4 Å². The molecule has 0 aliphatic heterocycles. The molecular weight excluding hydrogens is 400 g/mol. The van der Waals surface area contributed by atoms with Crippen LogP contribution in [0.2, 0.25) is 0 Å². The first-order chi connectivity index (χ1) is 13.6. The minimum absolute atomic E-state index is 0.232. The van der Waals surface area contributed by atoms with Crippen LogP contribution in [0.3, 0.4) is 0 Å². The van der Waals surface area contributed by atoms with Crippen molar-refractivity contribution in [2.24, 2.45) is 0 Å². The first-order valence-electron chi connectivity index (χ1n) is 10.6. The molecule has 166 valence electrons. The summed E-state index contributed by atoms with van der Waals surface area (Å²) in [5.74, 6) is 2.40. The van der Waals surface area contributed by atoms with Crippen molar-refractivity contribution in [3.63, 3.8) is 0 Å². The third kappa shape index (κ3) is 9.98. The molecule has 0 spiro atoms. The molecule has 2 atom stereocenters. The number of hydrogen-bond acceptors (Lipinski definition) is 8. The van der Waals surface area contributed by atoms with Crippen LogP contribution >= 0.6 is 23.5 Å². The van der Waals surface area contributed by atoms with Gasteiger partial charge in [0.25, 0.3) is 0 Å². The molecule has 2 unspecified atom stereocenters. The Morgan fingerprint density at radius 2 is 1.00 bits per heavy atom. The lowest BCUT2D eigenvalue weighted by atomic mass is 9.97. The average molecular weight is 439 g/mol. The van der Waals surface area contributed by atoms with E-state index >= 15 is 0 Å². The second-order valence-corrected chi connectivity index (χ2v) is 10.7. The highest BCUT2D eigenvalue weighted by Crippen LogP contribution is 2.33. The Labute approximate surface area is 177 Å². The van der Waals surface area contributed by atoms with E-state index in [0.717, 1.165) is 36.2 Å². The van der Waals surface area contributed by atoms with Crippen molar-refractivity contribution in [2.45, 2.75) is 86.3 Å². The Bertz CT molecular complexity index is 351. The zero-order valence-corrected chi connectivity index (χ0v) is 18.4. The molecule has 0 aromatic carbocycles. The highest BCUT2D eigenvalue weighted by Gasteiger charge is 2.24. The van der Waals surface area contributed by atoms with Gasteiger partial charge in [-0.25, -0.2) is 0 Å². The standard InChI is InChI=1S/C20H38O6S2/c21-11-15(23)13-25-17-1-5-19(6-2-17)27-9-10-28-20-7-3-18(4-8-20)26-14-16(24)12-22/h15-24H,1-14H2. The van der Waals surface area contributed by atoms with Crippen molar-refractivity contribution in [1.82, 2.24) is 0 Å². The van der Waals surface area contributed by atoms with Crippen LogP contribution in [0.5, 0.6) is 0 Å². The van der Waals surface area contributed by atoms with E-state index in [1.807, 2.05) is 0 Å². The number of hydrogen-bond donors (Lipinski definition) is 4. The van der Waals surface area contributed by atoms with Crippen molar-refractivity contribution in [3.05, 3.63) is 0 Å². The van der Waals surface area contributed by atoms with Crippen molar-refractivity contribution in [3.8, 4) is 0 Å². The van der Waals surface area contributed by atoms with Gasteiger partial charge >= 0.3 is 0 Å². The Hall–Kier alpha value is 0.460. The highest BCUT2D eigenvalue weighted by molar-refractivity contribution is 8.03. The van der Waals surface area contributed by atoms with Gasteiger partial charge in [0, 0.05) is 22.0 Å². The van der Waals surface area contributed by atoms with E-state index in [9.17, 15) is 10.2 Å². The predicted molar refractivity (Wildman–Crippen MR) is 115 cm³/mol. The van der Waals surface area contributed by atoms with E-state index in [1.165, 1.54) is 37.2 Å². The minimum atomic E-state index is -0.752. The molecule has 0 amide bonds. The summed E-state index contributed by atoms with van der Waals surface area (Å²) in [5.41, 5.74) is 0. The zero-order chi connectivity index (χ0) is 20.2. The monoisotopic (exact) mass is 438 g/mol. The third-order valence-electron chi connectivity index (χ3n) is 5.50. The molecule has 2 aliphatic rings. The SMILES string of the molecule is OCC(O)COC1CCC(SCCSC2CCC(OCC(O)CO)CC2)CC1. The maximum Gasteiger partial charge on any atom is 0.100 e. The van der Waals surface area contributed by atoms with E-state index < -0.39 is 12.2 Å². The summed E-state index contributed by atoms with van der Waals surface area (Å²) < 4.78 is 11.3. The fourth-order valence-corrected chi connectivity index (χ4v) is 6.41. The van der Waals surface area contributed by atoms with Crippen molar-refractivity contribution in [1.29, 1.82) is 0 Å². The molecule has 0 bridgehead atoms. The smallest absolute Gasteiger partial charge is 0.100 e. The largest absolute Gasteiger partial charge is 0.394 e. The summed E-state index contributed by atoms with van der Waals surface area (Å²) in [7, 11) is 0. The van der Waals surface area contributed by atoms with Gasteiger partial charge in [0.05, 0.1) is 38.6 Å². The lowest BCUT2D eigenvalue weighted by Crippen LogP contribution is -2.28. The molecule has 0 radical (unpaired) electrons. The van der Waals surface area contributed by atoms with Crippen LogP contribution in [0.4, 0.5) is 0 Å². The van der Waals surface area contributed by atoms with Crippen LogP contribution in [-0.4, -0.2) is 93.3 Å². The van der Waals surface area contributed by atoms with Crippen LogP contribution in [0.15, 0.2) is 0 Å². The Balaban J connectivity index is 1.45. The molecule has 4 N–H and O–H groups in total. The van der Waals surface area contributed by atoms with Gasteiger partial charge in [0.2, 0.25) is 0 Å². The normalized spacial score (nSPS) is 30.9. The summed E-state index contributed by atoms with van der Waals surface area (Å²) in [4.78, 5) is 0. The molecule has 0 saturated heterocycles. The fraction of sp³-hybridized carbons (Fsp3) is 1.00. The van der Waals surface area contributed by atoms with E-state index in [-0.39, 0.29) is 38.6 Å². The first kappa shape index (κ1) is 24.7. The van der Waals surface area contributed by atoms with Gasteiger partial charge < -0.3 is 29.9 Å². The molecular formula is C20H38O6S2. The summed E-state index contributed by atoms with van der Waals surface area (Å²) in [5, 5.41) is 37.8. The third-order valence-corrected chi connectivity index (χ3v) is 8.53. The lowest BCUT2D eigenvalue weighted by molar-refractivity contribution is -0.0391. The highest BCUT2D eigenvalue weighted by atomic mass is 32.2. The number of ether oxygens (including phenoxy) is 2. The maximum atomic E-state index is 9.36. The van der Waals surface area contributed by atoms with E-state index in [4.69, 9.17) is 19.7 Å². The zero-order valence-electron chi connectivity index (χ0n) is 16.8. The van der Waals surface area contributed by atoms with Crippen molar-refractivity contribution < 1.29 is 29.9 Å². The molecule has 0 aromatic rings. The Morgan fingerprint density at radius 3 is 1.32 bits per heavy atom. The number of rotatable bonds is 13. The van der Waals surface area contributed by atoms with Gasteiger partial charge in [-0.1, -0.05) is 0 Å². The number of aliphatic hydroxyl groups excluding tert-OH is 4. The quantitative estimate of drug-likeness (QED) is 0.323. The second kappa shape index (κ2) is 14.5. The maximum absolute atomic E-state index is 9.36. The summed E-state index contributed by atoms with van der Waals surface area (Å²) in [6, 6.07) is 0. The van der Waals surface area contributed by atoms with Gasteiger partial charge in [-0.2, -0.15) is 23.5 Å². The molecule has 8 heteroatoms. The molecule has 2 rings (SSSR count). The molecule has 6 nitrogen and oxygen atoms in total. The van der Waals surface area contributed by atoms with Crippen LogP contribution in [-0.2, 0) is 9.47 Å². The van der Waals surface area contributed by atoms with Gasteiger partial charge in [-0.15, -0.1) is 0 Å². The van der Waals surface area contributed by atoms with Crippen LogP contribution in [0.1, 0.15) is 51.4 Å². The molecule has 28 heavy (non-hydrogen) atoms. The van der Waals surface area contributed by atoms with Gasteiger partial charge in [0.15, 0.2) is 0 Å². The number of thioether (sulfide) groups is 2. The van der Waals surface area contributed by atoms with Crippen LogP contribution in [0, 0.1) is 0 Å². The van der Waals surface area contributed by atoms with Gasteiger partial charge in [-0.05, 0) is 51.4 Å². The average Bonchev–Trinajstić information content (AvgIpc) is 2.74.